The van der Waals surface area contributed by atoms with Crippen LogP contribution in [0, 0.1) is 13.8 Å². The molecule has 138 valence electrons. The van der Waals surface area contributed by atoms with E-state index in [9.17, 15) is 4.79 Å². The van der Waals surface area contributed by atoms with Gasteiger partial charge in [0.25, 0.3) is 0 Å². The Morgan fingerprint density at radius 3 is 2.50 bits per heavy atom. The minimum absolute atomic E-state index is 0.0551. The van der Waals surface area contributed by atoms with Crippen LogP contribution in [0.15, 0.2) is 42.5 Å². The highest BCUT2D eigenvalue weighted by Gasteiger charge is 2.25. The Balaban J connectivity index is 1.70. The van der Waals surface area contributed by atoms with Crippen LogP contribution in [0.5, 0.6) is 0 Å². The molecule has 0 spiro atoms. The maximum Gasteiger partial charge on any atom is 0.238 e. The van der Waals surface area contributed by atoms with E-state index in [-0.39, 0.29) is 11.9 Å². The smallest absolute Gasteiger partial charge is 0.238 e. The molecule has 2 aromatic carbocycles. The Bertz CT molecular complexity index is 734. The van der Waals surface area contributed by atoms with E-state index in [0.717, 1.165) is 42.9 Å². The average molecular weight is 351 g/mol. The van der Waals surface area contributed by atoms with Crippen molar-refractivity contribution < 1.29 is 4.79 Å². The van der Waals surface area contributed by atoms with E-state index < -0.39 is 0 Å². The van der Waals surface area contributed by atoms with Gasteiger partial charge in [0.15, 0.2) is 0 Å². The third-order valence-corrected chi connectivity index (χ3v) is 5.22. The minimum Gasteiger partial charge on any atom is -0.324 e. The maximum absolute atomic E-state index is 12.7. The number of piperazine rings is 1. The van der Waals surface area contributed by atoms with Crippen LogP contribution in [-0.4, -0.2) is 37.0 Å². The van der Waals surface area contributed by atoms with Crippen molar-refractivity contribution in [1.82, 2.24) is 10.2 Å². The van der Waals surface area contributed by atoms with Crippen molar-refractivity contribution in [2.75, 3.05) is 31.5 Å². The number of nitrogens with one attached hydrogen (secondary N) is 2. The zero-order valence-electron chi connectivity index (χ0n) is 16.0. The lowest BCUT2D eigenvalue weighted by Crippen LogP contribution is -2.48. The Hall–Kier alpha value is -2.17. The lowest BCUT2D eigenvalue weighted by atomic mass is 10.0. The van der Waals surface area contributed by atoms with E-state index in [1.807, 2.05) is 32.0 Å². The summed E-state index contributed by atoms with van der Waals surface area (Å²) < 4.78 is 0. The number of carbonyl (C=O) groups excluding carboxylic acids is 1. The van der Waals surface area contributed by atoms with Gasteiger partial charge in [-0.15, -0.1) is 0 Å². The predicted molar refractivity (Wildman–Crippen MR) is 108 cm³/mol. The summed E-state index contributed by atoms with van der Waals surface area (Å²) in [6, 6.07) is 15.1. The number of anilines is 1. The second-order valence-electron chi connectivity index (χ2n) is 7.10. The van der Waals surface area contributed by atoms with E-state index in [0.29, 0.717) is 6.54 Å². The predicted octanol–water partition coefficient (Wildman–Crippen LogP) is 3.45. The molecule has 1 fully saturated rings. The summed E-state index contributed by atoms with van der Waals surface area (Å²) in [5.74, 6) is 0.0551. The van der Waals surface area contributed by atoms with Gasteiger partial charge in [-0.1, -0.05) is 49.4 Å². The van der Waals surface area contributed by atoms with Gasteiger partial charge in [-0.25, -0.2) is 0 Å². The van der Waals surface area contributed by atoms with E-state index in [4.69, 9.17) is 0 Å². The van der Waals surface area contributed by atoms with Gasteiger partial charge in [-0.05, 0) is 42.5 Å². The first-order valence-electron chi connectivity index (χ1n) is 9.48. The van der Waals surface area contributed by atoms with Crippen molar-refractivity contribution >= 4 is 11.6 Å². The Labute approximate surface area is 156 Å². The molecule has 2 N–H and O–H groups in total. The molecule has 4 nitrogen and oxygen atoms in total. The SMILES string of the molecule is CCc1ccc(C2CNCCN2CC(=O)Nc2c(C)cccc2C)cc1. The fraction of sp³-hybridized carbons (Fsp3) is 0.409. The summed E-state index contributed by atoms with van der Waals surface area (Å²) in [6.45, 7) is 9.32. The minimum atomic E-state index is 0.0551. The number of benzene rings is 2. The average Bonchev–Trinajstić information content (AvgIpc) is 2.65. The molecule has 0 aliphatic carbocycles. The molecule has 0 radical (unpaired) electrons. The number of hydrogen-bond donors (Lipinski definition) is 2. The van der Waals surface area contributed by atoms with E-state index in [1.165, 1.54) is 11.1 Å². The molecule has 0 saturated carbocycles. The van der Waals surface area contributed by atoms with Crippen molar-refractivity contribution in [3.05, 3.63) is 64.7 Å². The number of aryl methyl sites for hydroxylation is 3. The highest BCUT2D eigenvalue weighted by Crippen LogP contribution is 2.24. The maximum atomic E-state index is 12.7. The number of amides is 1. The van der Waals surface area contributed by atoms with Crippen molar-refractivity contribution in [3.63, 3.8) is 0 Å². The Kier molecular flexibility index (Phi) is 6.07. The van der Waals surface area contributed by atoms with Crippen LogP contribution in [0.25, 0.3) is 0 Å². The number of rotatable bonds is 5. The van der Waals surface area contributed by atoms with Crippen molar-refractivity contribution in [3.8, 4) is 0 Å². The van der Waals surface area contributed by atoms with Crippen LogP contribution in [0.1, 0.15) is 35.2 Å². The number of para-hydroxylation sites is 1. The number of nitrogens with zero attached hydrogens (tertiary/aromatic N) is 1. The van der Waals surface area contributed by atoms with Crippen LogP contribution in [0.2, 0.25) is 0 Å². The standard InChI is InChI=1S/C22H29N3O/c1-4-18-8-10-19(11-9-18)20-14-23-12-13-25(20)15-21(26)24-22-16(2)6-5-7-17(22)3/h5-11,20,23H,4,12-15H2,1-3H3,(H,24,26). The first-order chi connectivity index (χ1) is 12.6. The normalized spacial score (nSPS) is 17.9. The molecule has 1 unspecified atom stereocenters. The molecule has 26 heavy (non-hydrogen) atoms. The summed E-state index contributed by atoms with van der Waals surface area (Å²) in [6.07, 6.45) is 1.05. The van der Waals surface area contributed by atoms with E-state index in [2.05, 4.69) is 46.7 Å². The van der Waals surface area contributed by atoms with Gasteiger partial charge in [0.05, 0.1) is 6.54 Å². The molecular weight excluding hydrogens is 322 g/mol. The first-order valence-corrected chi connectivity index (χ1v) is 9.48. The third kappa shape index (κ3) is 4.32. The molecule has 0 aromatic heterocycles. The summed E-state index contributed by atoms with van der Waals surface area (Å²) in [5, 5.41) is 6.57. The summed E-state index contributed by atoms with van der Waals surface area (Å²) in [7, 11) is 0. The van der Waals surface area contributed by atoms with Gasteiger partial charge in [0.1, 0.15) is 0 Å². The van der Waals surface area contributed by atoms with Crippen LogP contribution >= 0.6 is 0 Å². The van der Waals surface area contributed by atoms with Crippen LogP contribution in [-0.2, 0) is 11.2 Å². The van der Waals surface area contributed by atoms with Gasteiger partial charge in [0, 0.05) is 31.4 Å². The monoisotopic (exact) mass is 351 g/mol. The molecule has 0 bridgehead atoms. The molecule has 1 heterocycles. The zero-order valence-corrected chi connectivity index (χ0v) is 16.0. The molecule has 1 aliphatic heterocycles. The molecule has 1 saturated heterocycles. The molecule has 1 aliphatic rings. The lowest BCUT2D eigenvalue weighted by Gasteiger charge is -2.36. The highest BCUT2D eigenvalue weighted by molar-refractivity contribution is 5.93. The van der Waals surface area contributed by atoms with Gasteiger partial charge >= 0.3 is 0 Å². The van der Waals surface area contributed by atoms with Crippen LogP contribution in [0.3, 0.4) is 0 Å². The zero-order chi connectivity index (χ0) is 18.5. The Morgan fingerprint density at radius 1 is 1.15 bits per heavy atom. The van der Waals surface area contributed by atoms with Gasteiger partial charge in [-0.3, -0.25) is 9.69 Å². The van der Waals surface area contributed by atoms with Crippen LogP contribution in [0.4, 0.5) is 5.69 Å². The summed E-state index contributed by atoms with van der Waals surface area (Å²) >= 11 is 0. The molecule has 4 heteroatoms. The summed E-state index contributed by atoms with van der Waals surface area (Å²) in [5.41, 5.74) is 5.76. The lowest BCUT2D eigenvalue weighted by molar-refractivity contribution is -0.118. The fourth-order valence-corrected chi connectivity index (χ4v) is 3.61. The van der Waals surface area contributed by atoms with Crippen molar-refractivity contribution in [2.45, 2.75) is 33.2 Å². The molecule has 3 rings (SSSR count). The van der Waals surface area contributed by atoms with Crippen LogP contribution < -0.4 is 10.6 Å². The van der Waals surface area contributed by atoms with Gasteiger partial charge < -0.3 is 10.6 Å². The second-order valence-corrected chi connectivity index (χ2v) is 7.10. The summed E-state index contributed by atoms with van der Waals surface area (Å²) in [4.78, 5) is 15.0. The highest BCUT2D eigenvalue weighted by atomic mass is 16.2. The third-order valence-electron chi connectivity index (χ3n) is 5.22. The molecule has 1 amide bonds. The molecule has 2 aromatic rings. The van der Waals surface area contributed by atoms with E-state index in [1.54, 1.807) is 0 Å². The topological polar surface area (TPSA) is 44.4 Å². The van der Waals surface area contributed by atoms with Gasteiger partial charge in [0.2, 0.25) is 5.91 Å². The molecule has 1 atom stereocenters. The van der Waals surface area contributed by atoms with E-state index >= 15 is 0 Å². The number of hydrogen-bond acceptors (Lipinski definition) is 3. The van der Waals surface area contributed by atoms with Gasteiger partial charge in [-0.2, -0.15) is 0 Å². The largest absolute Gasteiger partial charge is 0.324 e. The van der Waals surface area contributed by atoms with Crippen molar-refractivity contribution in [1.29, 1.82) is 0 Å². The second kappa shape index (κ2) is 8.47. The fourth-order valence-electron chi connectivity index (χ4n) is 3.61. The number of carbonyl (C=O) groups is 1. The molecular formula is C22H29N3O. The Morgan fingerprint density at radius 2 is 1.85 bits per heavy atom. The quantitative estimate of drug-likeness (QED) is 0.867. The van der Waals surface area contributed by atoms with Crippen molar-refractivity contribution in [2.24, 2.45) is 0 Å². The first kappa shape index (κ1) is 18.6.